The van der Waals surface area contributed by atoms with Crippen LogP contribution in [0.1, 0.15) is 10.4 Å². The van der Waals surface area contributed by atoms with Gasteiger partial charge in [0, 0.05) is 0 Å². The summed E-state index contributed by atoms with van der Waals surface area (Å²) >= 11 is 0. The molecular weight excluding hydrogens is 176 g/mol. The van der Waals surface area contributed by atoms with E-state index in [1.165, 1.54) is 19.2 Å². The van der Waals surface area contributed by atoms with Gasteiger partial charge in [-0.05, 0) is 12.1 Å². The molecule has 1 aromatic carbocycles. The Kier molecular flexibility index (Phi) is 5.25. The average Bonchev–Trinajstić information content (AvgIpc) is 2.20. The Morgan fingerprint density at radius 2 is 1.85 bits per heavy atom. The molecule has 3 N–H and O–H groups in total. The Labute approximate surface area is 74.8 Å². The lowest BCUT2D eigenvalue weighted by molar-refractivity contribution is -0.176. The lowest BCUT2D eigenvalue weighted by atomic mass is 10.2. The first-order valence-electron chi connectivity index (χ1n) is 3.32. The third-order valence-corrected chi connectivity index (χ3v) is 1.31. The van der Waals surface area contributed by atoms with E-state index in [4.69, 9.17) is 15.6 Å². The van der Waals surface area contributed by atoms with Crippen LogP contribution in [0.2, 0.25) is 0 Å². The van der Waals surface area contributed by atoms with E-state index in [0.29, 0.717) is 0 Å². The third kappa shape index (κ3) is 3.10. The molecule has 0 aliphatic heterocycles. The summed E-state index contributed by atoms with van der Waals surface area (Å²) in [6.07, 6.45) is 0. The zero-order chi connectivity index (χ0) is 10.3. The number of aromatic hydroxyl groups is 1. The van der Waals surface area contributed by atoms with Crippen molar-refractivity contribution in [3.8, 4) is 5.75 Å². The minimum atomic E-state index is -0.525. The van der Waals surface area contributed by atoms with Gasteiger partial charge in [-0.3, -0.25) is 10.5 Å². The second-order valence-corrected chi connectivity index (χ2v) is 2.01. The van der Waals surface area contributed by atoms with Gasteiger partial charge in [-0.2, -0.15) is 0 Å². The van der Waals surface area contributed by atoms with Gasteiger partial charge in [0.05, 0.1) is 7.11 Å². The van der Waals surface area contributed by atoms with E-state index in [-0.39, 0.29) is 11.3 Å². The highest BCUT2D eigenvalue weighted by molar-refractivity contribution is 5.92. The van der Waals surface area contributed by atoms with Crippen LogP contribution in [0.25, 0.3) is 0 Å². The number of hydrogen-bond donors (Lipinski definition) is 3. The summed E-state index contributed by atoms with van der Waals surface area (Å²) in [7, 11) is 1.27. The molecule has 0 saturated heterocycles. The van der Waals surface area contributed by atoms with Gasteiger partial charge in [0.25, 0.3) is 0 Å². The SMILES string of the molecule is COC(=O)c1ccccc1O.OO. The largest absolute Gasteiger partial charge is 0.507 e. The van der Waals surface area contributed by atoms with E-state index < -0.39 is 5.97 Å². The summed E-state index contributed by atoms with van der Waals surface area (Å²) < 4.78 is 4.42. The van der Waals surface area contributed by atoms with Gasteiger partial charge in [-0.25, -0.2) is 4.79 Å². The predicted molar refractivity (Wildman–Crippen MR) is 44.7 cm³/mol. The highest BCUT2D eigenvalue weighted by atomic mass is 17.0. The van der Waals surface area contributed by atoms with Crippen LogP contribution in [0.5, 0.6) is 5.75 Å². The van der Waals surface area contributed by atoms with Crippen molar-refractivity contribution in [2.45, 2.75) is 0 Å². The second kappa shape index (κ2) is 5.99. The molecule has 0 radical (unpaired) electrons. The molecule has 0 saturated carbocycles. The number of para-hydroxylation sites is 1. The minimum Gasteiger partial charge on any atom is -0.507 e. The summed E-state index contributed by atoms with van der Waals surface area (Å²) in [5.41, 5.74) is 0.190. The molecule has 1 aromatic rings. The molecule has 5 heteroatoms. The maximum absolute atomic E-state index is 10.9. The van der Waals surface area contributed by atoms with E-state index in [9.17, 15) is 4.79 Å². The molecule has 0 aromatic heterocycles. The standard InChI is InChI=1S/C8H8O3.H2O2/c1-11-8(10)6-4-2-3-5-7(6)9;1-2/h2-5,9H,1H3;1-2H. The first-order valence-corrected chi connectivity index (χ1v) is 3.32. The number of carbonyl (C=O) groups is 1. The number of benzene rings is 1. The molecule has 0 aliphatic rings. The van der Waals surface area contributed by atoms with Gasteiger partial charge < -0.3 is 9.84 Å². The number of rotatable bonds is 1. The lowest BCUT2D eigenvalue weighted by Gasteiger charge is -1.99. The van der Waals surface area contributed by atoms with Crippen molar-refractivity contribution in [2.75, 3.05) is 7.11 Å². The monoisotopic (exact) mass is 186 g/mol. The van der Waals surface area contributed by atoms with Crippen molar-refractivity contribution < 1.29 is 25.2 Å². The van der Waals surface area contributed by atoms with Gasteiger partial charge >= 0.3 is 5.97 Å². The van der Waals surface area contributed by atoms with Crippen LogP contribution in [-0.2, 0) is 4.74 Å². The quantitative estimate of drug-likeness (QED) is 0.348. The zero-order valence-electron chi connectivity index (χ0n) is 6.97. The van der Waals surface area contributed by atoms with Gasteiger partial charge in [0.1, 0.15) is 11.3 Å². The molecule has 13 heavy (non-hydrogen) atoms. The predicted octanol–water partition coefficient (Wildman–Crippen LogP) is 1.20. The van der Waals surface area contributed by atoms with Crippen molar-refractivity contribution in [2.24, 2.45) is 0 Å². The molecule has 0 heterocycles. The van der Waals surface area contributed by atoms with Gasteiger partial charge in [0.15, 0.2) is 0 Å². The maximum atomic E-state index is 10.9. The number of carbonyl (C=O) groups excluding carboxylic acids is 1. The van der Waals surface area contributed by atoms with Gasteiger partial charge in [-0.1, -0.05) is 12.1 Å². The van der Waals surface area contributed by atoms with Crippen molar-refractivity contribution in [3.63, 3.8) is 0 Å². The van der Waals surface area contributed by atoms with Crippen LogP contribution in [0.15, 0.2) is 24.3 Å². The van der Waals surface area contributed by atoms with Crippen molar-refractivity contribution in [1.82, 2.24) is 0 Å². The van der Waals surface area contributed by atoms with E-state index in [2.05, 4.69) is 4.74 Å². The molecule has 1 rings (SSSR count). The number of phenolic OH excluding ortho intramolecular Hbond substituents is 1. The molecule has 72 valence electrons. The summed E-state index contributed by atoms with van der Waals surface area (Å²) in [6, 6.07) is 6.24. The Balaban J connectivity index is 0.000000671. The summed E-state index contributed by atoms with van der Waals surface area (Å²) in [4.78, 5) is 10.9. The average molecular weight is 186 g/mol. The fourth-order valence-corrected chi connectivity index (χ4v) is 0.756. The molecule has 0 amide bonds. The minimum absolute atomic E-state index is 0.0562. The van der Waals surface area contributed by atoms with E-state index >= 15 is 0 Å². The molecule has 0 fully saturated rings. The first kappa shape index (κ1) is 11.4. The third-order valence-electron chi connectivity index (χ3n) is 1.31. The van der Waals surface area contributed by atoms with Crippen molar-refractivity contribution in [1.29, 1.82) is 0 Å². The number of phenols is 1. The fraction of sp³-hybridized carbons (Fsp3) is 0.125. The molecule has 0 aliphatic carbocycles. The molecule has 0 spiro atoms. The Hall–Kier alpha value is -1.59. The van der Waals surface area contributed by atoms with Crippen LogP contribution in [0.4, 0.5) is 0 Å². The molecule has 5 nitrogen and oxygen atoms in total. The molecule has 0 bridgehead atoms. The Morgan fingerprint density at radius 1 is 1.31 bits per heavy atom. The molecular formula is C8H10O5. The van der Waals surface area contributed by atoms with E-state index in [1.54, 1.807) is 12.1 Å². The van der Waals surface area contributed by atoms with Gasteiger partial charge in [-0.15, -0.1) is 0 Å². The van der Waals surface area contributed by atoms with Gasteiger partial charge in [0.2, 0.25) is 0 Å². The second-order valence-electron chi connectivity index (χ2n) is 2.01. The topological polar surface area (TPSA) is 87.0 Å². The number of methoxy groups -OCH3 is 1. The smallest absolute Gasteiger partial charge is 0.341 e. The Bertz CT molecular complexity index is 271. The molecule has 0 unspecified atom stereocenters. The molecule has 0 atom stereocenters. The van der Waals surface area contributed by atoms with E-state index in [1.807, 2.05) is 0 Å². The Morgan fingerprint density at radius 3 is 2.31 bits per heavy atom. The van der Waals surface area contributed by atoms with Crippen LogP contribution in [-0.4, -0.2) is 28.7 Å². The summed E-state index contributed by atoms with van der Waals surface area (Å²) in [5, 5.41) is 21.1. The number of esters is 1. The van der Waals surface area contributed by atoms with Crippen molar-refractivity contribution >= 4 is 5.97 Å². The van der Waals surface area contributed by atoms with Crippen molar-refractivity contribution in [3.05, 3.63) is 29.8 Å². The zero-order valence-corrected chi connectivity index (χ0v) is 6.97. The first-order chi connectivity index (χ1) is 6.25. The van der Waals surface area contributed by atoms with Crippen LogP contribution >= 0.6 is 0 Å². The summed E-state index contributed by atoms with van der Waals surface area (Å²) in [5.74, 6) is -0.581. The normalized spacial score (nSPS) is 8.23. The van der Waals surface area contributed by atoms with Crippen LogP contribution < -0.4 is 0 Å². The fourth-order valence-electron chi connectivity index (χ4n) is 0.756. The highest BCUT2D eigenvalue weighted by Gasteiger charge is 2.08. The van der Waals surface area contributed by atoms with E-state index in [0.717, 1.165) is 0 Å². The highest BCUT2D eigenvalue weighted by Crippen LogP contribution is 2.15. The maximum Gasteiger partial charge on any atom is 0.341 e. The lowest BCUT2D eigenvalue weighted by Crippen LogP contribution is -2.00. The van der Waals surface area contributed by atoms with Crippen LogP contribution in [0.3, 0.4) is 0 Å². The number of hydrogen-bond acceptors (Lipinski definition) is 5. The van der Waals surface area contributed by atoms with Crippen LogP contribution in [0, 0.1) is 0 Å². The number of ether oxygens (including phenoxy) is 1. The summed E-state index contributed by atoms with van der Waals surface area (Å²) in [6.45, 7) is 0.